The Hall–Kier alpha value is -2.98. The van der Waals surface area contributed by atoms with E-state index in [9.17, 15) is 0 Å². The molecule has 0 fully saturated rings. The van der Waals surface area contributed by atoms with Gasteiger partial charge in [-0.25, -0.2) is 0 Å². The van der Waals surface area contributed by atoms with E-state index in [-0.39, 0.29) is 0 Å². The highest BCUT2D eigenvalue weighted by molar-refractivity contribution is 6.08. The lowest BCUT2D eigenvalue weighted by atomic mass is 10.1. The van der Waals surface area contributed by atoms with Crippen LogP contribution in [0.15, 0.2) is 60.7 Å². The molecule has 4 rings (SSSR count). The van der Waals surface area contributed by atoms with E-state index in [2.05, 4.69) is 60.9 Å². The van der Waals surface area contributed by atoms with E-state index in [0.717, 1.165) is 30.0 Å². The number of hydrogen-bond donors (Lipinski definition) is 1. The zero-order chi connectivity index (χ0) is 20.8. The molecule has 0 bridgehead atoms. The van der Waals surface area contributed by atoms with Crippen LogP contribution in [0.4, 0.5) is 0 Å². The van der Waals surface area contributed by atoms with Crippen LogP contribution in [0.25, 0.3) is 21.8 Å². The third kappa shape index (κ3) is 4.38. The second-order valence-electron chi connectivity index (χ2n) is 6.89. The predicted octanol–water partition coefficient (Wildman–Crippen LogP) is 5.54. The lowest BCUT2D eigenvalue weighted by molar-refractivity contribution is 0.414. The number of nitrogens with zero attached hydrogens (tertiary/aromatic N) is 1. The van der Waals surface area contributed by atoms with Crippen LogP contribution in [-0.4, -0.2) is 18.8 Å². The Bertz CT molecular complexity index is 1020. The molecular formula is C25H30N2O2. The van der Waals surface area contributed by atoms with E-state index in [1.54, 1.807) is 14.2 Å². The number of ether oxygens (including phenoxy) is 2. The molecule has 0 saturated heterocycles. The lowest BCUT2D eigenvalue weighted by Crippen LogP contribution is -1.96. The highest BCUT2D eigenvalue weighted by atomic mass is 16.5. The smallest absolute Gasteiger partial charge is 0.119 e. The summed E-state index contributed by atoms with van der Waals surface area (Å²) in [6.45, 7) is 5.82. The summed E-state index contributed by atoms with van der Waals surface area (Å²) >= 11 is 0. The van der Waals surface area contributed by atoms with Gasteiger partial charge in [0.1, 0.15) is 11.5 Å². The van der Waals surface area contributed by atoms with Crippen LogP contribution in [0.3, 0.4) is 0 Å². The minimum atomic E-state index is 0.568. The summed E-state index contributed by atoms with van der Waals surface area (Å²) in [7, 11) is 3.39. The normalized spacial score (nSPS) is 10.7. The highest BCUT2D eigenvalue weighted by Gasteiger charge is 2.10. The summed E-state index contributed by atoms with van der Waals surface area (Å²) in [5.74, 6) is 1.83. The molecule has 0 aliphatic carbocycles. The molecule has 1 aromatic heterocycles. The number of fused-ring (bicyclic) bond motifs is 3. The fourth-order valence-corrected chi connectivity index (χ4v) is 3.62. The molecule has 0 saturated carbocycles. The van der Waals surface area contributed by atoms with Gasteiger partial charge < -0.3 is 19.8 Å². The van der Waals surface area contributed by atoms with Crippen LogP contribution in [0, 0.1) is 0 Å². The van der Waals surface area contributed by atoms with E-state index in [1.807, 2.05) is 18.2 Å². The maximum absolute atomic E-state index is 5.75. The Labute approximate surface area is 172 Å². The number of aryl methyl sites for hydroxylation is 2. The van der Waals surface area contributed by atoms with Gasteiger partial charge in [-0.2, -0.15) is 0 Å². The molecule has 0 aliphatic rings. The fraction of sp³-hybridized carbons (Fsp3) is 0.280. The van der Waals surface area contributed by atoms with E-state index >= 15 is 0 Å². The van der Waals surface area contributed by atoms with Crippen molar-refractivity contribution >= 4 is 21.8 Å². The summed E-state index contributed by atoms with van der Waals surface area (Å²) in [5.41, 5.74) is 10.7. The Morgan fingerprint density at radius 2 is 1.41 bits per heavy atom. The Morgan fingerprint density at radius 1 is 0.759 bits per heavy atom. The Balaban J connectivity index is 0.000000204. The molecule has 3 aromatic carbocycles. The fourth-order valence-electron chi connectivity index (χ4n) is 3.62. The molecule has 0 aliphatic heterocycles. The lowest BCUT2D eigenvalue weighted by Gasteiger charge is -2.03. The second kappa shape index (κ2) is 9.48. The van der Waals surface area contributed by atoms with Gasteiger partial charge in [0.2, 0.25) is 0 Å². The van der Waals surface area contributed by atoms with E-state index in [0.29, 0.717) is 6.54 Å². The molecule has 0 radical (unpaired) electrons. The van der Waals surface area contributed by atoms with E-state index in [1.165, 1.54) is 27.4 Å². The first-order valence-electron chi connectivity index (χ1n) is 10.1. The largest absolute Gasteiger partial charge is 0.497 e. The van der Waals surface area contributed by atoms with Gasteiger partial charge in [-0.15, -0.1) is 0 Å². The number of methoxy groups -OCH3 is 2. The van der Waals surface area contributed by atoms with Gasteiger partial charge in [0.05, 0.1) is 14.2 Å². The zero-order valence-corrected chi connectivity index (χ0v) is 17.7. The van der Waals surface area contributed by atoms with E-state index in [4.69, 9.17) is 15.2 Å². The first kappa shape index (κ1) is 20.7. The first-order valence-corrected chi connectivity index (χ1v) is 10.1. The minimum absolute atomic E-state index is 0.568. The predicted molar refractivity (Wildman–Crippen MR) is 122 cm³/mol. The molecule has 0 atom stereocenters. The maximum atomic E-state index is 5.75. The van der Waals surface area contributed by atoms with Crippen molar-refractivity contribution in [1.82, 2.24) is 4.57 Å². The van der Waals surface area contributed by atoms with Crippen LogP contribution in [0.1, 0.15) is 25.0 Å². The van der Waals surface area contributed by atoms with Gasteiger partial charge in [0.15, 0.2) is 0 Å². The van der Waals surface area contributed by atoms with Crippen molar-refractivity contribution in [3.8, 4) is 11.5 Å². The summed E-state index contributed by atoms with van der Waals surface area (Å²) < 4.78 is 12.7. The molecule has 0 amide bonds. The van der Waals surface area contributed by atoms with Crippen LogP contribution in [-0.2, 0) is 19.5 Å². The number of nitrogens with two attached hydrogens (primary N) is 1. The molecule has 4 heteroatoms. The Kier molecular flexibility index (Phi) is 6.78. The van der Waals surface area contributed by atoms with Crippen molar-refractivity contribution in [1.29, 1.82) is 0 Å². The van der Waals surface area contributed by atoms with Crippen molar-refractivity contribution in [2.24, 2.45) is 5.73 Å². The summed E-state index contributed by atoms with van der Waals surface area (Å²) in [6, 6.07) is 20.8. The average Bonchev–Trinajstić information content (AvgIpc) is 3.11. The van der Waals surface area contributed by atoms with Crippen LogP contribution < -0.4 is 15.2 Å². The quantitative estimate of drug-likeness (QED) is 0.487. The van der Waals surface area contributed by atoms with Gasteiger partial charge in [-0.1, -0.05) is 25.1 Å². The topological polar surface area (TPSA) is 49.4 Å². The number of benzene rings is 3. The summed E-state index contributed by atoms with van der Waals surface area (Å²) in [6.07, 6.45) is 1.07. The summed E-state index contributed by atoms with van der Waals surface area (Å²) in [4.78, 5) is 0. The van der Waals surface area contributed by atoms with Crippen LogP contribution in [0.2, 0.25) is 0 Å². The molecule has 152 valence electrons. The second-order valence-corrected chi connectivity index (χ2v) is 6.89. The molecule has 0 spiro atoms. The van der Waals surface area contributed by atoms with Crippen molar-refractivity contribution in [3.63, 3.8) is 0 Å². The van der Waals surface area contributed by atoms with Crippen molar-refractivity contribution in [3.05, 3.63) is 71.8 Å². The third-order valence-electron chi connectivity index (χ3n) is 5.23. The summed E-state index contributed by atoms with van der Waals surface area (Å²) in [5, 5.41) is 2.48. The van der Waals surface area contributed by atoms with Crippen LogP contribution >= 0.6 is 0 Å². The van der Waals surface area contributed by atoms with Gasteiger partial charge in [-0.3, -0.25) is 0 Å². The highest BCUT2D eigenvalue weighted by Crippen LogP contribution is 2.32. The van der Waals surface area contributed by atoms with Gasteiger partial charge in [-0.05, 0) is 66.9 Å². The molecular weight excluding hydrogens is 360 g/mol. The average molecular weight is 391 g/mol. The molecule has 1 heterocycles. The number of aromatic nitrogens is 1. The minimum Gasteiger partial charge on any atom is -0.497 e. The standard InChI is InChI=1S/C16H18N2O.C9H12O/c1-3-18-15-6-4-11(10-17)8-13(15)14-9-12(19-2)5-7-16(14)18;1-3-8-5-4-6-9(7-8)10-2/h4-9H,3,10,17H2,1-2H3;4-7H,3H2,1-2H3. The molecule has 29 heavy (non-hydrogen) atoms. The van der Waals surface area contributed by atoms with E-state index < -0.39 is 0 Å². The van der Waals surface area contributed by atoms with Gasteiger partial charge in [0.25, 0.3) is 0 Å². The molecule has 4 aromatic rings. The molecule has 4 nitrogen and oxygen atoms in total. The van der Waals surface area contributed by atoms with Crippen molar-refractivity contribution in [2.75, 3.05) is 14.2 Å². The van der Waals surface area contributed by atoms with Crippen molar-refractivity contribution in [2.45, 2.75) is 33.4 Å². The zero-order valence-electron chi connectivity index (χ0n) is 17.7. The number of hydrogen-bond acceptors (Lipinski definition) is 3. The SMILES string of the molecule is CCc1cccc(OC)c1.CCn1c2ccc(CN)cc2c2cc(OC)ccc21. The first-order chi connectivity index (χ1) is 14.1. The van der Waals surface area contributed by atoms with Crippen LogP contribution in [0.5, 0.6) is 11.5 Å². The maximum Gasteiger partial charge on any atom is 0.119 e. The monoisotopic (exact) mass is 390 g/mol. The third-order valence-corrected chi connectivity index (χ3v) is 5.23. The Morgan fingerprint density at radius 3 is 2.03 bits per heavy atom. The molecule has 0 unspecified atom stereocenters. The molecule has 2 N–H and O–H groups in total. The number of rotatable bonds is 5. The van der Waals surface area contributed by atoms with Gasteiger partial charge >= 0.3 is 0 Å². The van der Waals surface area contributed by atoms with Crippen molar-refractivity contribution < 1.29 is 9.47 Å². The van der Waals surface area contributed by atoms with Gasteiger partial charge in [0, 0.05) is 34.9 Å².